The van der Waals surface area contributed by atoms with E-state index in [1.165, 1.54) is 5.56 Å². The summed E-state index contributed by atoms with van der Waals surface area (Å²) < 4.78 is 1.81. The van der Waals surface area contributed by atoms with Gasteiger partial charge in [0, 0.05) is 18.0 Å². The van der Waals surface area contributed by atoms with Crippen molar-refractivity contribution < 1.29 is 4.79 Å². The summed E-state index contributed by atoms with van der Waals surface area (Å²) in [6.07, 6.45) is 1.53. The van der Waals surface area contributed by atoms with Gasteiger partial charge in [-0.15, -0.1) is 0 Å². The monoisotopic (exact) mass is 298 g/mol. The molecule has 0 saturated heterocycles. The molecule has 1 aliphatic carbocycles. The van der Waals surface area contributed by atoms with Gasteiger partial charge in [0.05, 0.1) is 11.4 Å². The van der Waals surface area contributed by atoms with Gasteiger partial charge in [-0.3, -0.25) is 4.79 Å². The highest BCUT2D eigenvalue weighted by molar-refractivity contribution is 5.92. The van der Waals surface area contributed by atoms with Crippen LogP contribution < -0.4 is 11.1 Å². The maximum atomic E-state index is 12.3. The Hall–Kier alpha value is -2.14. The molecular weight excluding hydrogens is 276 g/mol. The van der Waals surface area contributed by atoms with E-state index in [-0.39, 0.29) is 17.9 Å². The number of aryl methyl sites for hydroxylation is 3. The van der Waals surface area contributed by atoms with Crippen molar-refractivity contribution >= 4 is 11.7 Å². The highest BCUT2D eigenvalue weighted by Gasteiger charge is 2.32. The van der Waals surface area contributed by atoms with Crippen LogP contribution in [0.15, 0.2) is 24.3 Å². The van der Waals surface area contributed by atoms with Gasteiger partial charge < -0.3 is 11.1 Å². The van der Waals surface area contributed by atoms with Gasteiger partial charge in [-0.05, 0) is 45.2 Å². The number of hydrogen-bond acceptors (Lipinski definition) is 3. The first-order valence-electron chi connectivity index (χ1n) is 7.65. The molecule has 3 N–H and O–H groups in total. The lowest BCUT2D eigenvalue weighted by Gasteiger charge is -2.31. The molecule has 0 spiro atoms. The molecule has 1 aromatic carbocycles. The molecular formula is C17H22N4O. The van der Waals surface area contributed by atoms with Gasteiger partial charge in [-0.25, -0.2) is 4.68 Å². The Morgan fingerprint density at radius 3 is 2.64 bits per heavy atom. The molecule has 0 aliphatic heterocycles. The van der Waals surface area contributed by atoms with Crippen LogP contribution in [0, 0.1) is 26.7 Å². The number of carbonyl (C=O) groups excluding carboxylic acids is 1. The number of nitrogens with two attached hydrogens (primary N) is 1. The molecule has 5 heteroatoms. The Morgan fingerprint density at radius 1 is 1.27 bits per heavy atom. The van der Waals surface area contributed by atoms with Crippen molar-refractivity contribution in [3.63, 3.8) is 0 Å². The second-order valence-electron chi connectivity index (χ2n) is 6.29. The quantitative estimate of drug-likeness (QED) is 0.914. The van der Waals surface area contributed by atoms with Crippen molar-refractivity contribution in [3.8, 4) is 5.69 Å². The number of rotatable bonds is 3. The third kappa shape index (κ3) is 2.76. The van der Waals surface area contributed by atoms with Crippen LogP contribution in [0.4, 0.5) is 5.82 Å². The molecule has 5 nitrogen and oxygen atoms in total. The minimum absolute atomic E-state index is 0.0257. The third-order valence-electron chi connectivity index (χ3n) is 4.21. The molecule has 22 heavy (non-hydrogen) atoms. The summed E-state index contributed by atoms with van der Waals surface area (Å²) in [5, 5.41) is 7.52. The highest BCUT2D eigenvalue weighted by Crippen LogP contribution is 2.28. The zero-order chi connectivity index (χ0) is 15.9. The average Bonchev–Trinajstić information content (AvgIpc) is 2.75. The molecule has 116 valence electrons. The van der Waals surface area contributed by atoms with Gasteiger partial charge in [0.25, 0.3) is 0 Å². The van der Waals surface area contributed by atoms with E-state index in [1.807, 2.05) is 19.1 Å². The van der Waals surface area contributed by atoms with Crippen molar-refractivity contribution in [1.82, 2.24) is 9.78 Å². The maximum absolute atomic E-state index is 12.3. The summed E-state index contributed by atoms with van der Waals surface area (Å²) in [6.45, 7) is 6.04. The number of hydrogen-bond donors (Lipinski definition) is 2. The summed E-state index contributed by atoms with van der Waals surface area (Å²) in [5.74, 6) is 0.778. The summed E-state index contributed by atoms with van der Waals surface area (Å²) >= 11 is 0. The number of nitrogens with zero attached hydrogens (tertiary/aromatic N) is 2. The van der Waals surface area contributed by atoms with Gasteiger partial charge in [-0.1, -0.05) is 17.7 Å². The SMILES string of the molecule is Cc1ccc(-n2nc(C)cc2NC(=O)C2CC(N)C2)c(C)c1. The Morgan fingerprint density at radius 2 is 2.00 bits per heavy atom. The van der Waals surface area contributed by atoms with Crippen LogP contribution in [0.1, 0.15) is 29.7 Å². The van der Waals surface area contributed by atoms with Gasteiger partial charge in [-0.2, -0.15) is 5.10 Å². The molecule has 0 radical (unpaired) electrons. The van der Waals surface area contributed by atoms with E-state index in [0.29, 0.717) is 0 Å². The van der Waals surface area contributed by atoms with Crippen molar-refractivity contribution in [2.24, 2.45) is 11.7 Å². The van der Waals surface area contributed by atoms with Crippen LogP contribution in [0.2, 0.25) is 0 Å². The molecule has 3 rings (SSSR count). The fourth-order valence-electron chi connectivity index (χ4n) is 2.92. The Balaban J connectivity index is 1.88. The van der Waals surface area contributed by atoms with E-state index >= 15 is 0 Å². The molecule has 1 heterocycles. The van der Waals surface area contributed by atoms with E-state index in [1.54, 1.807) is 4.68 Å². The summed E-state index contributed by atoms with van der Waals surface area (Å²) in [6, 6.07) is 8.27. The lowest BCUT2D eigenvalue weighted by molar-refractivity contribution is -0.122. The zero-order valence-electron chi connectivity index (χ0n) is 13.3. The summed E-state index contributed by atoms with van der Waals surface area (Å²) in [5.41, 5.74) is 9.96. The lowest BCUT2D eigenvalue weighted by Crippen LogP contribution is -2.42. The number of benzene rings is 1. The topological polar surface area (TPSA) is 72.9 Å². The van der Waals surface area contributed by atoms with Crippen LogP contribution >= 0.6 is 0 Å². The smallest absolute Gasteiger partial charge is 0.228 e. The van der Waals surface area contributed by atoms with Crippen LogP contribution in [-0.4, -0.2) is 21.7 Å². The van der Waals surface area contributed by atoms with Crippen LogP contribution in [0.3, 0.4) is 0 Å². The largest absolute Gasteiger partial charge is 0.328 e. The number of carbonyl (C=O) groups is 1. The minimum atomic E-state index is 0.0257. The van der Waals surface area contributed by atoms with Gasteiger partial charge in [0.2, 0.25) is 5.91 Å². The third-order valence-corrected chi connectivity index (χ3v) is 4.21. The predicted octanol–water partition coefficient (Wildman–Crippen LogP) is 2.47. The van der Waals surface area contributed by atoms with Crippen LogP contribution in [-0.2, 0) is 4.79 Å². The second kappa shape index (κ2) is 5.57. The fourth-order valence-corrected chi connectivity index (χ4v) is 2.92. The molecule has 0 bridgehead atoms. The Bertz CT molecular complexity index is 713. The molecule has 1 fully saturated rings. The van der Waals surface area contributed by atoms with Crippen molar-refractivity contribution in [2.45, 2.75) is 39.7 Å². The molecule has 1 aliphatic rings. The Kier molecular flexibility index (Phi) is 3.74. The zero-order valence-corrected chi connectivity index (χ0v) is 13.3. The first-order chi connectivity index (χ1) is 10.4. The number of aromatic nitrogens is 2. The van der Waals surface area contributed by atoms with Crippen molar-refractivity contribution in [1.29, 1.82) is 0 Å². The fraction of sp³-hybridized carbons (Fsp3) is 0.412. The minimum Gasteiger partial charge on any atom is -0.328 e. The molecule has 1 saturated carbocycles. The first-order valence-corrected chi connectivity index (χ1v) is 7.65. The average molecular weight is 298 g/mol. The van der Waals surface area contributed by atoms with Crippen LogP contribution in [0.25, 0.3) is 5.69 Å². The molecule has 0 unspecified atom stereocenters. The number of anilines is 1. The Labute approximate surface area is 130 Å². The second-order valence-corrected chi connectivity index (χ2v) is 6.29. The number of amides is 1. The van der Waals surface area contributed by atoms with E-state index in [2.05, 4.69) is 36.4 Å². The van der Waals surface area contributed by atoms with Gasteiger partial charge in [0.1, 0.15) is 5.82 Å². The standard InChI is InChI=1S/C17H22N4O/c1-10-4-5-15(11(2)6-10)21-16(7-12(3)20-21)19-17(22)13-8-14(18)9-13/h4-7,13-14H,8-9,18H2,1-3H3,(H,19,22). The molecule has 2 aromatic rings. The van der Waals surface area contributed by atoms with E-state index in [0.717, 1.165) is 35.6 Å². The predicted molar refractivity (Wildman–Crippen MR) is 87.1 cm³/mol. The van der Waals surface area contributed by atoms with E-state index in [9.17, 15) is 4.79 Å². The van der Waals surface area contributed by atoms with E-state index < -0.39 is 0 Å². The van der Waals surface area contributed by atoms with Crippen LogP contribution in [0.5, 0.6) is 0 Å². The molecule has 1 amide bonds. The number of nitrogens with one attached hydrogen (secondary N) is 1. The van der Waals surface area contributed by atoms with E-state index in [4.69, 9.17) is 5.73 Å². The lowest BCUT2D eigenvalue weighted by atomic mass is 9.80. The molecule has 1 aromatic heterocycles. The van der Waals surface area contributed by atoms with Gasteiger partial charge in [0.15, 0.2) is 0 Å². The van der Waals surface area contributed by atoms with Crippen molar-refractivity contribution in [3.05, 3.63) is 41.1 Å². The van der Waals surface area contributed by atoms with Crippen molar-refractivity contribution in [2.75, 3.05) is 5.32 Å². The highest BCUT2D eigenvalue weighted by atomic mass is 16.2. The molecule has 0 atom stereocenters. The first kappa shape index (κ1) is 14.8. The normalized spacial score (nSPS) is 20.5. The summed E-state index contributed by atoms with van der Waals surface area (Å²) in [4.78, 5) is 12.3. The maximum Gasteiger partial charge on any atom is 0.228 e. The van der Waals surface area contributed by atoms with Gasteiger partial charge >= 0.3 is 0 Å². The summed E-state index contributed by atoms with van der Waals surface area (Å²) in [7, 11) is 0.